The first-order valence-electron chi connectivity index (χ1n) is 8.86. The van der Waals surface area contributed by atoms with E-state index in [4.69, 9.17) is 4.98 Å². The Morgan fingerprint density at radius 3 is 2.22 bits per heavy atom. The van der Waals surface area contributed by atoms with Gasteiger partial charge in [0.2, 0.25) is 5.91 Å². The molecule has 0 aliphatic carbocycles. The fraction of sp³-hybridized carbons (Fsp3) is 0.130. The maximum absolute atomic E-state index is 11.9. The second-order valence-electron chi connectivity index (χ2n) is 6.32. The van der Waals surface area contributed by atoms with E-state index in [1.807, 2.05) is 54.6 Å². The minimum atomic E-state index is -0.175. The lowest BCUT2D eigenvalue weighted by Gasteiger charge is -2.12. The van der Waals surface area contributed by atoms with E-state index in [0.717, 1.165) is 28.3 Å². The van der Waals surface area contributed by atoms with Crippen LogP contribution in [-0.2, 0) is 17.9 Å². The van der Waals surface area contributed by atoms with Gasteiger partial charge >= 0.3 is 0 Å². The zero-order valence-electron chi connectivity index (χ0n) is 15.5. The summed E-state index contributed by atoms with van der Waals surface area (Å²) in [5.41, 5.74) is 4.49. The molecule has 0 aliphatic heterocycles. The number of hydrogen-bond acceptors (Lipinski definition) is 2. The van der Waals surface area contributed by atoms with Crippen molar-refractivity contribution in [2.45, 2.75) is 20.0 Å². The number of amides is 1. The van der Waals surface area contributed by atoms with Gasteiger partial charge in [-0.3, -0.25) is 4.79 Å². The molecule has 27 heavy (non-hydrogen) atoms. The molecule has 0 fully saturated rings. The number of hydrogen-bond donors (Lipinski definition) is 1. The topological polar surface area (TPSA) is 46.9 Å². The first-order chi connectivity index (χ1) is 13.1. The number of nitrogens with zero attached hydrogens (tertiary/aromatic N) is 2. The van der Waals surface area contributed by atoms with E-state index in [-0.39, 0.29) is 5.91 Å². The van der Waals surface area contributed by atoms with Gasteiger partial charge in [-0.15, -0.1) is 6.58 Å². The maximum atomic E-state index is 11.9. The van der Waals surface area contributed by atoms with Crippen molar-refractivity contribution < 1.29 is 4.79 Å². The van der Waals surface area contributed by atoms with Crippen LogP contribution >= 0.6 is 0 Å². The van der Waals surface area contributed by atoms with Crippen LogP contribution in [0.3, 0.4) is 0 Å². The second-order valence-corrected chi connectivity index (χ2v) is 6.32. The third kappa shape index (κ3) is 4.06. The molecule has 0 saturated heterocycles. The Morgan fingerprint density at radius 1 is 1.07 bits per heavy atom. The summed E-state index contributed by atoms with van der Waals surface area (Å²) in [4.78, 5) is 16.8. The van der Waals surface area contributed by atoms with Gasteiger partial charge in [-0.05, 0) is 6.92 Å². The molecule has 1 amide bonds. The molecular formula is C23H23N3O. The molecule has 1 aromatic heterocycles. The van der Waals surface area contributed by atoms with Gasteiger partial charge in [-0.2, -0.15) is 0 Å². The Morgan fingerprint density at radius 2 is 1.67 bits per heavy atom. The van der Waals surface area contributed by atoms with Crippen molar-refractivity contribution in [3.05, 3.63) is 91.3 Å². The first kappa shape index (κ1) is 18.4. The van der Waals surface area contributed by atoms with Gasteiger partial charge in [0, 0.05) is 23.2 Å². The van der Waals surface area contributed by atoms with Crippen LogP contribution in [0.5, 0.6) is 0 Å². The van der Waals surface area contributed by atoms with Crippen molar-refractivity contribution in [2.24, 2.45) is 0 Å². The summed E-state index contributed by atoms with van der Waals surface area (Å²) in [6, 6.07) is 20.2. The monoisotopic (exact) mass is 357 g/mol. The van der Waals surface area contributed by atoms with Crippen LogP contribution in [0.4, 0.5) is 0 Å². The molecule has 3 aromatic rings. The number of carbonyl (C=O) groups is 1. The molecule has 0 atom stereocenters. The van der Waals surface area contributed by atoms with Gasteiger partial charge in [-0.1, -0.05) is 73.3 Å². The summed E-state index contributed by atoms with van der Waals surface area (Å²) in [5.74, 6) is 0.605. The largest absolute Gasteiger partial charge is 0.345 e. The molecule has 0 unspecified atom stereocenters. The van der Waals surface area contributed by atoms with Crippen molar-refractivity contribution in [1.82, 2.24) is 14.9 Å². The van der Waals surface area contributed by atoms with Crippen LogP contribution in [0.2, 0.25) is 0 Å². The molecular weight excluding hydrogens is 334 g/mol. The highest BCUT2D eigenvalue weighted by Crippen LogP contribution is 2.33. The van der Waals surface area contributed by atoms with Crippen LogP contribution in [0.15, 0.2) is 85.5 Å². The highest BCUT2D eigenvalue weighted by Gasteiger charge is 2.19. The number of imidazole rings is 1. The van der Waals surface area contributed by atoms with Gasteiger partial charge < -0.3 is 9.88 Å². The van der Waals surface area contributed by atoms with Crippen LogP contribution in [0, 0.1) is 0 Å². The molecule has 136 valence electrons. The van der Waals surface area contributed by atoms with Crippen molar-refractivity contribution in [2.75, 3.05) is 0 Å². The van der Waals surface area contributed by atoms with Crippen molar-refractivity contribution in [3.63, 3.8) is 0 Å². The molecule has 0 bridgehead atoms. The standard InChI is InChI=1S/C23H23N3O/c1-4-15-26-20(16-24-23(27)17(2)3)25-21(18-11-7-5-8-12-18)22(26)19-13-9-6-10-14-19/h4-14H,1-2,15-16H2,3H3,(H,24,27). The Kier molecular flexibility index (Phi) is 5.67. The minimum absolute atomic E-state index is 0.175. The normalized spacial score (nSPS) is 10.4. The van der Waals surface area contributed by atoms with E-state index in [1.165, 1.54) is 0 Å². The Hall–Kier alpha value is -3.40. The van der Waals surface area contributed by atoms with E-state index in [1.54, 1.807) is 6.92 Å². The van der Waals surface area contributed by atoms with Gasteiger partial charge in [0.1, 0.15) is 5.82 Å². The maximum Gasteiger partial charge on any atom is 0.246 e. The molecule has 0 radical (unpaired) electrons. The summed E-state index contributed by atoms with van der Waals surface area (Å²) in [7, 11) is 0. The Labute approximate surface area is 159 Å². The number of carbonyl (C=O) groups excluding carboxylic acids is 1. The van der Waals surface area contributed by atoms with Crippen molar-refractivity contribution in [1.29, 1.82) is 0 Å². The van der Waals surface area contributed by atoms with Gasteiger partial charge in [-0.25, -0.2) is 4.98 Å². The molecule has 2 aromatic carbocycles. The van der Waals surface area contributed by atoms with E-state index >= 15 is 0 Å². The summed E-state index contributed by atoms with van der Waals surface area (Å²) < 4.78 is 2.10. The number of benzene rings is 2. The third-order valence-corrected chi connectivity index (χ3v) is 4.25. The first-order valence-corrected chi connectivity index (χ1v) is 8.86. The summed E-state index contributed by atoms with van der Waals surface area (Å²) in [5, 5.41) is 2.88. The molecule has 1 N–H and O–H groups in total. The summed E-state index contributed by atoms with van der Waals surface area (Å²) >= 11 is 0. The van der Waals surface area contributed by atoms with E-state index in [9.17, 15) is 4.79 Å². The highest BCUT2D eigenvalue weighted by molar-refractivity contribution is 5.92. The van der Waals surface area contributed by atoms with Gasteiger partial charge in [0.05, 0.1) is 17.9 Å². The number of aromatic nitrogens is 2. The molecule has 4 heteroatoms. The molecule has 3 rings (SSSR count). The average Bonchev–Trinajstić information content (AvgIpc) is 3.06. The Bertz CT molecular complexity index is 956. The molecule has 1 heterocycles. The van der Waals surface area contributed by atoms with Gasteiger partial charge in [0.25, 0.3) is 0 Å². The molecule has 0 saturated carbocycles. The van der Waals surface area contributed by atoms with Crippen molar-refractivity contribution >= 4 is 5.91 Å². The lowest BCUT2D eigenvalue weighted by atomic mass is 10.0. The van der Waals surface area contributed by atoms with E-state index < -0.39 is 0 Å². The SMILES string of the molecule is C=CCn1c(CNC(=O)C(=C)C)nc(-c2ccccc2)c1-c1ccccc1. The molecule has 0 aliphatic rings. The second kappa shape index (κ2) is 8.32. The number of allylic oxidation sites excluding steroid dienone is 1. The van der Waals surface area contributed by atoms with Crippen molar-refractivity contribution in [3.8, 4) is 22.5 Å². The molecule has 0 spiro atoms. The smallest absolute Gasteiger partial charge is 0.246 e. The van der Waals surface area contributed by atoms with Crippen LogP contribution in [-0.4, -0.2) is 15.5 Å². The average molecular weight is 357 g/mol. The van der Waals surface area contributed by atoms with Crippen LogP contribution in [0.25, 0.3) is 22.5 Å². The quantitative estimate of drug-likeness (QED) is 0.496. The molecule has 4 nitrogen and oxygen atoms in total. The number of rotatable bonds is 7. The Balaban J connectivity index is 2.14. The zero-order valence-corrected chi connectivity index (χ0v) is 15.5. The minimum Gasteiger partial charge on any atom is -0.345 e. The van der Waals surface area contributed by atoms with E-state index in [2.05, 4.69) is 35.2 Å². The predicted octanol–water partition coefficient (Wildman–Crippen LogP) is 4.60. The summed E-state index contributed by atoms with van der Waals surface area (Å²) in [6.45, 7) is 10.2. The lowest BCUT2D eigenvalue weighted by molar-refractivity contribution is -0.117. The lowest BCUT2D eigenvalue weighted by Crippen LogP contribution is -2.25. The van der Waals surface area contributed by atoms with Crippen LogP contribution < -0.4 is 5.32 Å². The van der Waals surface area contributed by atoms with Gasteiger partial charge in [0.15, 0.2) is 0 Å². The predicted molar refractivity (Wildman–Crippen MR) is 110 cm³/mol. The number of nitrogens with one attached hydrogen (secondary N) is 1. The highest BCUT2D eigenvalue weighted by atomic mass is 16.1. The third-order valence-electron chi connectivity index (χ3n) is 4.25. The summed E-state index contributed by atoms with van der Waals surface area (Å²) in [6.07, 6.45) is 1.84. The fourth-order valence-corrected chi connectivity index (χ4v) is 2.96. The zero-order chi connectivity index (χ0) is 19.2. The van der Waals surface area contributed by atoms with Crippen LogP contribution in [0.1, 0.15) is 12.7 Å². The van der Waals surface area contributed by atoms with E-state index in [0.29, 0.717) is 18.7 Å². The fourth-order valence-electron chi connectivity index (χ4n) is 2.96.